The van der Waals surface area contributed by atoms with Gasteiger partial charge in [0.05, 0.1) is 49.3 Å². The molecule has 3 N–H and O–H groups in total. The first kappa shape index (κ1) is 40.9. The third-order valence-corrected chi connectivity index (χ3v) is 11.1. The van der Waals surface area contributed by atoms with Crippen molar-refractivity contribution in [1.29, 1.82) is 0 Å². The van der Waals surface area contributed by atoms with E-state index in [4.69, 9.17) is 50.7 Å². The topological polar surface area (TPSA) is 142 Å². The first-order valence-electron chi connectivity index (χ1n) is 19.4. The van der Waals surface area contributed by atoms with Gasteiger partial charge in [0.1, 0.15) is 5.75 Å². The Morgan fingerprint density at radius 3 is 2.29 bits per heavy atom. The number of aromatic nitrogens is 4. The molecule has 0 amide bonds. The average molecular weight is 785 g/mol. The van der Waals surface area contributed by atoms with Crippen molar-refractivity contribution in [3.05, 3.63) is 76.4 Å². The lowest BCUT2D eigenvalue weighted by Gasteiger charge is -2.24. The summed E-state index contributed by atoms with van der Waals surface area (Å²) in [6, 6.07) is 16.4. The third-order valence-electron chi connectivity index (χ3n) is 10.7. The Morgan fingerprint density at radius 2 is 1.59 bits per heavy atom. The standard InChI is InChI=1S/C35H39ClN6O4.C8H14O2/c1-21-16-29(40-34(44-4)26(21)18-37-2)25-10-6-9-24(33(25)36)23-8-7-11-30-27(23)20-39-42(30)32-17-31(43-3)28(35(41-32)45-5)19-38-22-12-14-46-15-13-22;9-8(10)6-7-4-2-1-3-5-7/h6-11,16-17,20,22,37-38H,12-15,18-19H2,1-5H3;7H,1-6H2,(H,9,10). The highest BCUT2D eigenvalue weighted by Crippen LogP contribution is 2.40. The van der Waals surface area contributed by atoms with E-state index in [1.807, 2.05) is 61.8 Å². The summed E-state index contributed by atoms with van der Waals surface area (Å²) in [6.45, 7) is 4.82. The first-order chi connectivity index (χ1) is 27.3. The van der Waals surface area contributed by atoms with Crippen molar-refractivity contribution < 1.29 is 28.8 Å². The molecule has 7 rings (SSSR count). The van der Waals surface area contributed by atoms with Crippen LogP contribution in [-0.4, -0.2) is 78.5 Å². The molecule has 4 heterocycles. The number of nitrogens with zero attached hydrogens (tertiary/aromatic N) is 4. The van der Waals surface area contributed by atoms with E-state index in [0.29, 0.717) is 59.8 Å². The van der Waals surface area contributed by atoms with E-state index in [1.54, 1.807) is 26.0 Å². The van der Waals surface area contributed by atoms with E-state index in [1.165, 1.54) is 19.3 Å². The van der Waals surface area contributed by atoms with Gasteiger partial charge in [-0.2, -0.15) is 10.1 Å². The molecule has 0 atom stereocenters. The second-order valence-electron chi connectivity index (χ2n) is 14.3. The lowest BCUT2D eigenvalue weighted by molar-refractivity contribution is -0.138. The molecule has 0 unspecified atom stereocenters. The van der Waals surface area contributed by atoms with Gasteiger partial charge < -0.3 is 34.7 Å². The zero-order valence-electron chi connectivity index (χ0n) is 33.0. The maximum Gasteiger partial charge on any atom is 0.303 e. The predicted molar refractivity (Wildman–Crippen MR) is 219 cm³/mol. The Kier molecular flexibility index (Phi) is 14.2. The van der Waals surface area contributed by atoms with Gasteiger partial charge in [-0.3, -0.25) is 4.79 Å². The highest BCUT2D eigenvalue weighted by atomic mass is 35.5. The van der Waals surface area contributed by atoms with E-state index in [2.05, 4.69) is 17.6 Å². The van der Waals surface area contributed by atoms with E-state index in [0.717, 1.165) is 88.9 Å². The minimum atomic E-state index is -0.632. The van der Waals surface area contributed by atoms with Gasteiger partial charge in [-0.15, -0.1) is 0 Å². The lowest BCUT2D eigenvalue weighted by Crippen LogP contribution is -2.34. The summed E-state index contributed by atoms with van der Waals surface area (Å²) < 4.78 is 24.5. The SMILES string of the molecule is CNCc1c(C)cc(-c2cccc(-c3cccc4c3cnn4-c3cc(OC)c(CNC4CCOCC4)c(OC)n3)c2Cl)nc1OC.O=C(O)CC1CCCCC1. The van der Waals surface area contributed by atoms with Crippen LogP contribution in [0.4, 0.5) is 0 Å². The fourth-order valence-corrected chi connectivity index (χ4v) is 8.02. The van der Waals surface area contributed by atoms with Gasteiger partial charge in [-0.1, -0.05) is 61.2 Å². The maximum atomic E-state index is 10.3. The Hall–Kier alpha value is -4.75. The number of aliphatic carboxylic acids is 1. The molecule has 2 aliphatic rings. The second-order valence-corrected chi connectivity index (χ2v) is 14.7. The third kappa shape index (κ3) is 9.43. The molecule has 0 spiro atoms. The quantitative estimate of drug-likeness (QED) is 0.106. The molecule has 1 aliphatic carbocycles. The summed E-state index contributed by atoms with van der Waals surface area (Å²) >= 11 is 7.15. The summed E-state index contributed by atoms with van der Waals surface area (Å²) in [5, 5.41) is 21.5. The number of halogens is 1. The van der Waals surface area contributed by atoms with Crippen molar-refractivity contribution in [2.75, 3.05) is 41.6 Å². The summed E-state index contributed by atoms with van der Waals surface area (Å²) in [5.74, 6) is 2.18. The molecule has 0 radical (unpaired) electrons. The van der Waals surface area contributed by atoms with Gasteiger partial charge in [0.15, 0.2) is 5.82 Å². The van der Waals surface area contributed by atoms with Gasteiger partial charge in [0.25, 0.3) is 0 Å². The van der Waals surface area contributed by atoms with Crippen molar-refractivity contribution in [2.24, 2.45) is 5.92 Å². The highest BCUT2D eigenvalue weighted by molar-refractivity contribution is 6.36. The Bertz CT molecular complexity index is 2090. The highest BCUT2D eigenvalue weighted by Gasteiger charge is 2.22. The number of fused-ring (bicyclic) bond motifs is 1. The summed E-state index contributed by atoms with van der Waals surface area (Å²) in [7, 11) is 6.82. The number of rotatable bonds is 13. The summed E-state index contributed by atoms with van der Waals surface area (Å²) in [5.41, 5.74) is 7.22. The van der Waals surface area contributed by atoms with Crippen molar-refractivity contribution in [2.45, 2.75) is 77.4 Å². The number of methoxy groups -OCH3 is 3. The molecule has 13 heteroatoms. The number of carboxylic acids is 1. The van der Waals surface area contributed by atoms with Crippen molar-refractivity contribution >= 4 is 28.5 Å². The van der Waals surface area contributed by atoms with Crippen LogP contribution in [-0.2, 0) is 22.6 Å². The van der Waals surface area contributed by atoms with Gasteiger partial charge in [-0.25, -0.2) is 9.67 Å². The van der Waals surface area contributed by atoms with Crippen LogP contribution < -0.4 is 24.8 Å². The monoisotopic (exact) mass is 784 g/mol. The number of benzene rings is 2. The fraction of sp³-hybridized carbons (Fsp3) is 0.442. The van der Waals surface area contributed by atoms with Crippen LogP contribution in [0.2, 0.25) is 5.02 Å². The zero-order chi connectivity index (χ0) is 39.6. The van der Waals surface area contributed by atoms with Crippen LogP contribution in [0.1, 0.15) is 68.1 Å². The minimum absolute atomic E-state index is 0.376. The normalized spacial score (nSPS) is 15.0. The van der Waals surface area contributed by atoms with Crippen LogP contribution in [0.5, 0.6) is 17.5 Å². The number of pyridine rings is 2. The average Bonchev–Trinajstić information content (AvgIpc) is 3.66. The smallest absolute Gasteiger partial charge is 0.303 e. The van der Waals surface area contributed by atoms with Crippen LogP contribution >= 0.6 is 11.6 Å². The molecule has 1 saturated heterocycles. The molecule has 2 aromatic carbocycles. The van der Waals surface area contributed by atoms with E-state index >= 15 is 0 Å². The molecule has 0 bridgehead atoms. The van der Waals surface area contributed by atoms with Crippen molar-refractivity contribution in [1.82, 2.24) is 30.4 Å². The Labute approximate surface area is 333 Å². The second kappa shape index (κ2) is 19.4. The van der Waals surface area contributed by atoms with Crippen LogP contribution in [0.15, 0.2) is 54.7 Å². The van der Waals surface area contributed by atoms with E-state index in [9.17, 15) is 4.79 Å². The molecule has 1 saturated carbocycles. The largest absolute Gasteiger partial charge is 0.496 e. The minimum Gasteiger partial charge on any atom is -0.496 e. The number of hydrogen-bond donors (Lipinski definition) is 3. The number of carboxylic acid groups (broad SMARTS) is 1. The molecule has 2 fully saturated rings. The molecule has 298 valence electrons. The van der Waals surface area contributed by atoms with E-state index in [-0.39, 0.29) is 0 Å². The molecular weight excluding hydrogens is 732 g/mol. The molecule has 5 aromatic rings. The summed E-state index contributed by atoms with van der Waals surface area (Å²) in [6.07, 6.45) is 10.2. The van der Waals surface area contributed by atoms with E-state index < -0.39 is 5.97 Å². The number of hydrogen-bond acceptors (Lipinski definition) is 10. The first-order valence-corrected chi connectivity index (χ1v) is 19.7. The van der Waals surface area contributed by atoms with Gasteiger partial charge >= 0.3 is 5.97 Å². The number of carbonyl (C=O) groups is 1. The molecule has 1 aliphatic heterocycles. The fourth-order valence-electron chi connectivity index (χ4n) is 7.70. The number of aryl methyl sites for hydroxylation is 1. The van der Waals surface area contributed by atoms with Crippen molar-refractivity contribution in [3.8, 4) is 45.7 Å². The Balaban J connectivity index is 0.000000463. The number of nitrogens with one attached hydrogen (secondary N) is 2. The van der Waals surface area contributed by atoms with Crippen LogP contribution in [0.25, 0.3) is 39.1 Å². The molecule has 3 aromatic heterocycles. The van der Waals surface area contributed by atoms with Crippen LogP contribution in [0, 0.1) is 12.8 Å². The zero-order valence-corrected chi connectivity index (χ0v) is 33.7. The number of ether oxygens (including phenoxy) is 4. The van der Waals surface area contributed by atoms with Crippen molar-refractivity contribution in [3.63, 3.8) is 0 Å². The van der Waals surface area contributed by atoms with Gasteiger partial charge in [0, 0.05) is 66.9 Å². The van der Waals surface area contributed by atoms with Crippen LogP contribution in [0.3, 0.4) is 0 Å². The van der Waals surface area contributed by atoms with Gasteiger partial charge in [0.2, 0.25) is 11.8 Å². The maximum absolute atomic E-state index is 10.3. The predicted octanol–water partition coefficient (Wildman–Crippen LogP) is 8.17. The molecule has 12 nitrogen and oxygen atoms in total. The molecular formula is C43H53ClN6O6. The summed E-state index contributed by atoms with van der Waals surface area (Å²) in [4.78, 5) is 19.9. The lowest BCUT2D eigenvalue weighted by atomic mass is 9.87. The molecule has 56 heavy (non-hydrogen) atoms. The van der Waals surface area contributed by atoms with Gasteiger partial charge in [-0.05, 0) is 68.8 Å². The Morgan fingerprint density at radius 1 is 0.893 bits per heavy atom.